The molecule has 1 fully saturated rings. The Morgan fingerprint density at radius 1 is 1.17 bits per heavy atom. The number of hydrogen-bond acceptors (Lipinski definition) is 2. The van der Waals surface area contributed by atoms with Gasteiger partial charge < -0.3 is 9.47 Å². The summed E-state index contributed by atoms with van der Waals surface area (Å²) >= 11 is 0. The minimum Gasteiger partial charge on any atom is -0.350 e. The third kappa shape index (κ3) is 2.47. The highest BCUT2D eigenvalue weighted by molar-refractivity contribution is 4.82. The van der Waals surface area contributed by atoms with Crippen molar-refractivity contribution in [3.8, 4) is 0 Å². The molecule has 68 valence electrons. The fraction of sp³-hybridized carbons (Fsp3) is 0.600. The molecule has 2 nitrogen and oxygen atoms in total. The van der Waals surface area contributed by atoms with Crippen LogP contribution < -0.4 is 0 Å². The van der Waals surface area contributed by atoms with Crippen molar-refractivity contribution in [1.82, 2.24) is 0 Å². The van der Waals surface area contributed by atoms with Crippen LogP contribution in [0.15, 0.2) is 25.3 Å². The van der Waals surface area contributed by atoms with Crippen molar-refractivity contribution >= 4 is 0 Å². The summed E-state index contributed by atoms with van der Waals surface area (Å²) in [6.45, 7) is 8.85. The van der Waals surface area contributed by atoms with Crippen molar-refractivity contribution in [3.05, 3.63) is 25.3 Å². The van der Waals surface area contributed by atoms with Crippen LogP contribution in [-0.2, 0) is 9.47 Å². The fourth-order valence-electron chi connectivity index (χ4n) is 1.40. The molecule has 0 aromatic heterocycles. The third-order valence-electron chi connectivity index (χ3n) is 1.97. The van der Waals surface area contributed by atoms with Crippen molar-refractivity contribution < 1.29 is 9.47 Å². The van der Waals surface area contributed by atoms with Gasteiger partial charge in [-0.05, 0) is 12.8 Å². The molecular weight excluding hydrogens is 152 g/mol. The molecular formula is C10H16O2. The van der Waals surface area contributed by atoms with E-state index in [2.05, 4.69) is 13.2 Å². The molecule has 0 aromatic carbocycles. The quantitative estimate of drug-likeness (QED) is 0.585. The van der Waals surface area contributed by atoms with Crippen LogP contribution in [0.5, 0.6) is 0 Å². The average Bonchev–Trinajstić information content (AvgIpc) is 2.56. The Morgan fingerprint density at radius 2 is 1.67 bits per heavy atom. The topological polar surface area (TPSA) is 18.5 Å². The molecule has 0 aromatic rings. The summed E-state index contributed by atoms with van der Waals surface area (Å²) in [6.07, 6.45) is 5.62. The van der Waals surface area contributed by atoms with Crippen molar-refractivity contribution in [1.29, 1.82) is 0 Å². The van der Waals surface area contributed by atoms with Crippen molar-refractivity contribution in [3.63, 3.8) is 0 Å². The van der Waals surface area contributed by atoms with Crippen LogP contribution >= 0.6 is 0 Å². The highest BCUT2D eigenvalue weighted by Crippen LogP contribution is 2.21. The minimum absolute atomic E-state index is 0.0407. The Hall–Kier alpha value is -0.600. The molecule has 1 saturated heterocycles. The summed E-state index contributed by atoms with van der Waals surface area (Å²) in [6, 6.07) is 0. The second-order valence-electron chi connectivity index (χ2n) is 2.92. The molecule has 0 unspecified atom stereocenters. The molecule has 12 heavy (non-hydrogen) atoms. The summed E-state index contributed by atoms with van der Waals surface area (Å²) in [5, 5.41) is 0. The maximum atomic E-state index is 5.40. The van der Waals surface area contributed by atoms with Gasteiger partial charge >= 0.3 is 0 Å². The van der Waals surface area contributed by atoms with Gasteiger partial charge in [0, 0.05) is 5.92 Å². The first-order valence-corrected chi connectivity index (χ1v) is 4.33. The van der Waals surface area contributed by atoms with Gasteiger partial charge in [-0.3, -0.25) is 0 Å². The first-order valence-electron chi connectivity index (χ1n) is 4.33. The van der Waals surface area contributed by atoms with E-state index in [1.807, 2.05) is 12.2 Å². The molecule has 0 bridgehead atoms. The molecule has 0 spiro atoms. The van der Waals surface area contributed by atoms with Crippen molar-refractivity contribution in [2.75, 3.05) is 13.2 Å². The van der Waals surface area contributed by atoms with Crippen LogP contribution in [0, 0.1) is 5.92 Å². The summed E-state index contributed by atoms with van der Waals surface area (Å²) in [5.41, 5.74) is 0. The lowest BCUT2D eigenvalue weighted by atomic mass is 10.0. The monoisotopic (exact) mass is 168 g/mol. The van der Waals surface area contributed by atoms with Crippen LogP contribution in [-0.4, -0.2) is 19.5 Å². The van der Waals surface area contributed by atoms with E-state index in [9.17, 15) is 0 Å². The van der Waals surface area contributed by atoms with Gasteiger partial charge in [-0.2, -0.15) is 0 Å². The molecule has 1 aliphatic heterocycles. The van der Waals surface area contributed by atoms with E-state index in [0.29, 0.717) is 5.92 Å². The van der Waals surface area contributed by atoms with Gasteiger partial charge in [-0.1, -0.05) is 12.2 Å². The molecule has 1 aliphatic rings. The van der Waals surface area contributed by atoms with Gasteiger partial charge in [0.2, 0.25) is 0 Å². The second kappa shape index (κ2) is 5.12. The lowest BCUT2D eigenvalue weighted by molar-refractivity contribution is -0.0816. The molecule has 0 saturated carbocycles. The predicted molar refractivity (Wildman–Crippen MR) is 48.8 cm³/mol. The van der Waals surface area contributed by atoms with Gasteiger partial charge in [0.05, 0.1) is 13.2 Å². The number of ether oxygens (including phenoxy) is 2. The second-order valence-corrected chi connectivity index (χ2v) is 2.92. The summed E-state index contributed by atoms with van der Waals surface area (Å²) in [4.78, 5) is 0. The van der Waals surface area contributed by atoms with Crippen LogP contribution in [0.25, 0.3) is 0 Å². The number of hydrogen-bond donors (Lipinski definition) is 0. The first-order chi connectivity index (χ1) is 5.88. The zero-order valence-corrected chi connectivity index (χ0v) is 7.37. The number of allylic oxidation sites excluding steroid dienone is 2. The van der Waals surface area contributed by atoms with Crippen molar-refractivity contribution in [2.45, 2.75) is 19.1 Å². The Kier molecular flexibility index (Phi) is 4.05. The standard InChI is InChI=1S/C10H16O2/c1-3-5-9(6-4-2)10-11-7-8-12-10/h3-4,9-10H,1-2,5-8H2. The van der Waals surface area contributed by atoms with Gasteiger partial charge in [0.15, 0.2) is 6.29 Å². The summed E-state index contributed by atoms with van der Waals surface area (Å²) < 4.78 is 10.8. The normalized spacial score (nSPS) is 18.4. The molecule has 0 aliphatic carbocycles. The molecule has 0 radical (unpaired) electrons. The SMILES string of the molecule is C=CCC(CC=C)C1OCCO1. The minimum atomic E-state index is -0.0407. The van der Waals surface area contributed by atoms with Gasteiger partial charge in [-0.25, -0.2) is 0 Å². The van der Waals surface area contributed by atoms with Gasteiger partial charge in [0.1, 0.15) is 0 Å². The van der Waals surface area contributed by atoms with E-state index in [1.54, 1.807) is 0 Å². The van der Waals surface area contributed by atoms with Gasteiger partial charge in [-0.15, -0.1) is 13.2 Å². The Morgan fingerprint density at radius 3 is 2.08 bits per heavy atom. The molecule has 2 heteroatoms. The van der Waals surface area contributed by atoms with Crippen LogP contribution in [0.3, 0.4) is 0 Å². The predicted octanol–water partition coefficient (Wildman–Crippen LogP) is 2.13. The Labute approximate surface area is 73.9 Å². The molecule has 0 atom stereocenters. The fourth-order valence-corrected chi connectivity index (χ4v) is 1.40. The Bertz CT molecular complexity index is 138. The van der Waals surface area contributed by atoms with Crippen LogP contribution in [0.1, 0.15) is 12.8 Å². The zero-order valence-electron chi connectivity index (χ0n) is 7.37. The highest BCUT2D eigenvalue weighted by Gasteiger charge is 2.24. The van der Waals surface area contributed by atoms with E-state index in [0.717, 1.165) is 26.1 Å². The molecule has 0 N–H and O–H groups in total. The van der Waals surface area contributed by atoms with E-state index in [4.69, 9.17) is 9.47 Å². The van der Waals surface area contributed by atoms with Crippen molar-refractivity contribution in [2.24, 2.45) is 5.92 Å². The maximum absolute atomic E-state index is 5.40. The zero-order chi connectivity index (χ0) is 8.81. The van der Waals surface area contributed by atoms with Gasteiger partial charge in [0.25, 0.3) is 0 Å². The maximum Gasteiger partial charge on any atom is 0.161 e. The highest BCUT2D eigenvalue weighted by atomic mass is 16.7. The summed E-state index contributed by atoms with van der Waals surface area (Å²) in [7, 11) is 0. The molecule has 0 amide bonds. The average molecular weight is 168 g/mol. The van der Waals surface area contributed by atoms with E-state index >= 15 is 0 Å². The van der Waals surface area contributed by atoms with E-state index < -0.39 is 0 Å². The number of rotatable bonds is 5. The van der Waals surface area contributed by atoms with Crippen LogP contribution in [0.2, 0.25) is 0 Å². The van der Waals surface area contributed by atoms with Crippen LogP contribution in [0.4, 0.5) is 0 Å². The summed E-state index contributed by atoms with van der Waals surface area (Å²) in [5.74, 6) is 0.391. The third-order valence-corrected chi connectivity index (χ3v) is 1.97. The lowest BCUT2D eigenvalue weighted by Crippen LogP contribution is -2.20. The lowest BCUT2D eigenvalue weighted by Gasteiger charge is -2.18. The Balaban J connectivity index is 2.38. The largest absolute Gasteiger partial charge is 0.350 e. The smallest absolute Gasteiger partial charge is 0.161 e. The van der Waals surface area contributed by atoms with E-state index in [1.165, 1.54) is 0 Å². The first kappa shape index (κ1) is 9.49. The molecule has 1 heterocycles. The molecule has 1 rings (SSSR count). The van der Waals surface area contributed by atoms with E-state index in [-0.39, 0.29) is 6.29 Å².